The Labute approximate surface area is 218 Å². The van der Waals surface area contributed by atoms with Gasteiger partial charge in [-0.05, 0) is 35.9 Å². The van der Waals surface area contributed by atoms with Crippen molar-refractivity contribution in [1.82, 2.24) is 5.32 Å². The van der Waals surface area contributed by atoms with E-state index in [4.69, 9.17) is 9.47 Å². The van der Waals surface area contributed by atoms with Crippen LogP contribution in [-0.4, -0.2) is 37.3 Å². The molecule has 0 saturated carbocycles. The van der Waals surface area contributed by atoms with Crippen molar-refractivity contribution in [3.63, 3.8) is 0 Å². The molecule has 0 radical (unpaired) electrons. The fourth-order valence-corrected chi connectivity index (χ4v) is 5.13. The summed E-state index contributed by atoms with van der Waals surface area (Å²) in [7, 11) is 1.48. The Morgan fingerprint density at radius 3 is 2.54 bits per heavy atom. The summed E-state index contributed by atoms with van der Waals surface area (Å²) in [5, 5.41) is 17.9. The minimum atomic E-state index is -1.28. The summed E-state index contributed by atoms with van der Waals surface area (Å²) < 4.78 is 10.6. The number of nitrogens with one attached hydrogen (secondary N) is 2. The number of amides is 2. The molecule has 0 unspecified atom stereocenters. The zero-order chi connectivity index (χ0) is 26.4. The largest absolute Gasteiger partial charge is 0.496 e. The van der Waals surface area contributed by atoms with Crippen LogP contribution in [0.5, 0.6) is 5.75 Å². The van der Waals surface area contributed by atoms with E-state index in [1.54, 1.807) is 31.2 Å². The van der Waals surface area contributed by atoms with Crippen molar-refractivity contribution in [3.8, 4) is 11.8 Å². The van der Waals surface area contributed by atoms with Gasteiger partial charge in [-0.2, -0.15) is 5.26 Å². The highest BCUT2D eigenvalue weighted by Crippen LogP contribution is 2.43. The van der Waals surface area contributed by atoms with Crippen LogP contribution in [-0.2, 0) is 19.1 Å². The lowest BCUT2D eigenvalue weighted by atomic mass is 9.78. The number of para-hydroxylation sites is 1. The number of esters is 1. The first kappa shape index (κ1) is 25.8. The molecule has 3 aromatic carbocycles. The first-order valence-corrected chi connectivity index (χ1v) is 12.6. The second-order valence-electron chi connectivity index (χ2n) is 8.19. The standard InChI is InChI=1S/C28H25N3O5S/c1-3-36-28(34)25-24(20-10-6-7-11-22(20)35-2)21(15-29)27(31-26(25)33)37-16-23(32)30-19-13-12-17-8-4-5-9-18(17)14-19/h4-14,24-25H,3,16H2,1-2H3,(H,30,32)(H,31,33)/t24-,25+/m1/s1. The van der Waals surface area contributed by atoms with Crippen LogP contribution in [0.2, 0.25) is 0 Å². The average molecular weight is 516 g/mol. The molecule has 4 rings (SSSR count). The molecule has 3 aromatic rings. The van der Waals surface area contributed by atoms with Gasteiger partial charge in [0.05, 0.1) is 36.1 Å². The molecule has 9 heteroatoms. The Kier molecular flexibility index (Phi) is 8.11. The van der Waals surface area contributed by atoms with Crippen LogP contribution in [0.25, 0.3) is 10.8 Å². The lowest BCUT2D eigenvalue weighted by Crippen LogP contribution is -2.44. The van der Waals surface area contributed by atoms with Crippen molar-refractivity contribution in [2.45, 2.75) is 12.8 Å². The van der Waals surface area contributed by atoms with E-state index < -0.39 is 23.7 Å². The highest BCUT2D eigenvalue weighted by atomic mass is 32.2. The summed E-state index contributed by atoms with van der Waals surface area (Å²) in [6, 6.07) is 22.5. The number of hydrogen-bond donors (Lipinski definition) is 2. The van der Waals surface area contributed by atoms with E-state index in [1.165, 1.54) is 7.11 Å². The van der Waals surface area contributed by atoms with Crippen LogP contribution in [0.4, 0.5) is 5.69 Å². The molecular weight excluding hydrogens is 490 g/mol. The number of anilines is 1. The van der Waals surface area contributed by atoms with E-state index in [1.807, 2.05) is 42.5 Å². The van der Waals surface area contributed by atoms with Gasteiger partial charge in [-0.25, -0.2) is 0 Å². The molecule has 1 heterocycles. The fraction of sp³-hybridized carbons (Fsp3) is 0.214. The van der Waals surface area contributed by atoms with Gasteiger partial charge in [0.25, 0.3) is 0 Å². The SMILES string of the molecule is CCOC(=O)[C@@H]1C(=O)NC(SCC(=O)Nc2ccc3ccccc3c2)=C(C#N)[C@H]1c1ccccc1OC. The summed E-state index contributed by atoms with van der Waals surface area (Å²) in [5.41, 5.74) is 1.31. The van der Waals surface area contributed by atoms with Gasteiger partial charge in [-0.3, -0.25) is 14.4 Å². The molecule has 0 saturated heterocycles. The highest BCUT2D eigenvalue weighted by Gasteiger charge is 2.45. The molecule has 1 aliphatic rings. The first-order valence-electron chi connectivity index (χ1n) is 11.6. The van der Waals surface area contributed by atoms with Gasteiger partial charge in [0.1, 0.15) is 11.7 Å². The number of thioether (sulfide) groups is 1. The number of nitriles is 1. The number of ether oxygens (including phenoxy) is 2. The van der Waals surface area contributed by atoms with Crippen LogP contribution in [0.1, 0.15) is 18.4 Å². The Balaban J connectivity index is 1.61. The molecule has 0 spiro atoms. The van der Waals surface area contributed by atoms with Crippen molar-refractivity contribution in [2.75, 3.05) is 24.8 Å². The maximum Gasteiger partial charge on any atom is 0.319 e. The van der Waals surface area contributed by atoms with Gasteiger partial charge in [-0.1, -0.05) is 60.3 Å². The third-order valence-corrected chi connectivity index (χ3v) is 6.94. The maximum absolute atomic E-state index is 13.1. The van der Waals surface area contributed by atoms with Crippen LogP contribution in [0.15, 0.2) is 77.3 Å². The molecule has 0 bridgehead atoms. The molecule has 2 atom stereocenters. The number of allylic oxidation sites excluding steroid dienone is 1. The number of benzene rings is 3. The Morgan fingerprint density at radius 1 is 1.08 bits per heavy atom. The molecule has 1 aliphatic heterocycles. The topological polar surface area (TPSA) is 118 Å². The molecule has 37 heavy (non-hydrogen) atoms. The smallest absolute Gasteiger partial charge is 0.319 e. The van der Waals surface area contributed by atoms with E-state index in [9.17, 15) is 19.6 Å². The summed E-state index contributed by atoms with van der Waals surface area (Å²) in [4.78, 5) is 38.6. The van der Waals surface area contributed by atoms with Crippen LogP contribution >= 0.6 is 11.8 Å². The molecule has 188 valence electrons. The highest BCUT2D eigenvalue weighted by molar-refractivity contribution is 8.03. The number of hydrogen-bond acceptors (Lipinski definition) is 7. The third-order valence-electron chi connectivity index (χ3n) is 5.92. The molecule has 0 aromatic heterocycles. The van der Waals surface area contributed by atoms with E-state index in [-0.39, 0.29) is 28.9 Å². The van der Waals surface area contributed by atoms with Crippen LogP contribution in [0.3, 0.4) is 0 Å². The quantitative estimate of drug-likeness (QED) is 0.338. The average Bonchev–Trinajstić information content (AvgIpc) is 2.91. The van der Waals surface area contributed by atoms with E-state index in [0.717, 1.165) is 22.5 Å². The summed E-state index contributed by atoms with van der Waals surface area (Å²) in [5.74, 6) is -3.48. The molecule has 0 aliphatic carbocycles. The normalized spacial score (nSPS) is 17.1. The lowest BCUT2D eigenvalue weighted by molar-refractivity contribution is -0.152. The summed E-state index contributed by atoms with van der Waals surface area (Å²) >= 11 is 1.02. The van der Waals surface area contributed by atoms with Gasteiger partial charge < -0.3 is 20.1 Å². The zero-order valence-corrected chi connectivity index (χ0v) is 21.1. The van der Waals surface area contributed by atoms with Crippen molar-refractivity contribution in [2.24, 2.45) is 5.92 Å². The van der Waals surface area contributed by atoms with Gasteiger partial charge in [0, 0.05) is 17.2 Å². The minimum Gasteiger partial charge on any atom is -0.496 e. The van der Waals surface area contributed by atoms with Crippen molar-refractivity contribution >= 4 is 46.0 Å². The molecule has 8 nitrogen and oxygen atoms in total. The zero-order valence-electron chi connectivity index (χ0n) is 20.3. The van der Waals surface area contributed by atoms with Crippen LogP contribution in [0, 0.1) is 17.2 Å². The maximum atomic E-state index is 13.1. The third kappa shape index (κ3) is 5.60. The van der Waals surface area contributed by atoms with E-state index >= 15 is 0 Å². The number of fused-ring (bicyclic) bond motifs is 1. The van der Waals surface area contributed by atoms with Gasteiger partial charge in [0.15, 0.2) is 0 Å². The Morgan fingerprint density at radius 2 is 1.81 bits per heavy atom. The van der Waals surface area contributed by atoms with E-state index in [0.29, 0.717) is 17.0 Å². The number of carbonyl (C=O) groups is 3. The number of nitrogens with zero attached hydrogens (tertiary/aromatic N) is 1. The fourth-order valence-electron chi connectivity index (χ4n) is 4.29. The first-order chi connectivity index (χ1) is 18.0. The second kappa shape index (κ2) is 11.6. The van der Waals surface area contributed by atoms with Gasteiger partial charge in [-0.15, -0.1) is 0 Å². The van der Waals surface area contributed by atoms with E-state index in [2.05, 4.69) is 16.7 Å². The Bertz CT molecular complexity index is 1430. The minimum absolute atomic E-state index is 0.0592. The number of rotatable bonds is 8. The summed E-state index contributed by atoms with van der Waals surface area (Å²) in [6.45, 7) is 1.73. The Hall–Kier alpha value is -4.29. The monoisotopic (exact) mass is 515 g/mol. The number of carbonyl (C=O) groups excluding carboxylic acids is 3. The predicted octanol–water partition coefficient (Wildman–Crippen LogP) is 4.35. The lowest BCUT2D eigenvalue weighted by Gasteiger charge is -2.31. The van der Waals surface area contributed by atoms with Gasteiger partial charge in [0.2, 0.25) is 11.8 Å². The van der Waals surface area contributed by atoms with Crippen molar-refractivity contribution in [3.05, 3.63) is 82.9 Å². The van der Waals surface area contributed by atoms with Gasteiger partial charge >= 0.3 is 5.97 Å². The molecule has 2 N–H and O–H groups in total. The van der Waals surface area contributed by atoms with Crippen LogP contribution < -0.4 is 15.4 Å². The molecular formula is C28H25N3O5S. The number of methoxy groups -OCH3 is 1. The second-order valence-corrected chi connectivity index (χ2v) is 9.18. The molecule has 2 amide bonds. The summed E-state index contributed by atoms with van der Waals surface area (Å²) in [6.07, 6.45) is 0. The van der Waals surface area contributed by atoms with Crippen molar-refractivity contribution < 1.29 is 23.9 Å². The van der Waals surface area contributed by atoms with Crippen molar-refractivity contribution in [1.29, 1.82) is 5.26 Å². The molecule has 0 fully saturated rings. The predicted molar refractivity (Wildman–Crippen MR) is 142 cm³/mol.